The highest BCUT2D eigenvalue weighted by Crippen LogP contribution is 2.31. The van der Waals surface area contributed by atoms with Crippen LogP contribution in [0.4, 0.5) is 5.95 Å². The number of benzene rings is 1. The van der Waals surface area contributed by atoms with Crippen molar-refractivity contribution < 1.29 is 4.84 Å². The molecule has 1 aliphatic carbocycles. The average Bonchev–Trinajstić information content (AvgIpc) is 3.12. The summed E-state index contributed by atoms with van der Waals surface area (Å²) in [5.41, 5.74) is 11.9. The number of hydrogen-bond acceptors (Lipinski definition) is 6. The highest BCUT2D eigenvalue weighted by atomic mass is 16.6. The van der Waals surface area contributed by atoms with Crippen molar-refractivity contribution in [2.75, 3.05) is 5.32 Å². The Morgan fingerprint density at radius 3 is 2.69 bits per heavy atom. The first-order valence-corrected chi connectivity index (χ1v) is 11.2. The van der Waals surface area contributed by atoms with Crippen LogP contribution >= 0.6 is 0 Å². The van der Waals surface area contributed by atoms with Crippen molar-refractivity contribution in [3.05, 3.63) is 65.1 Å². The number of nitrogens with zero attached hydrogens (tertiary/aromatic N) is 4. The Kier molecular flexibility index (Phi) is 5.52. The summed E-state index contributed by atoms with van der Waals surface area (Å²) in [6.07, 6.45) is 6.05. The van der Waals surface area contributed by atoms with E-state index in [0.29, 0.717) is 18.6 Å². The lowest BCUT2D eigenvalue weighted by atomic mass is 9.92. The number of rotatable bonds is 5. The van der Waals surface area contributed by atoms with Gasteiger partial charge < -0.3 is 20.5 Å². The van der Waals surface area contributed by atoms with Crippen LogP contribution in [0, 0.1) is 0 Å². The third-order valence-corrected chi connectivity index (χ3v) is 6.31. The van der Waals surface area contributed by atoms with Crippen LogP contribution in [-0.2, 0) is 11.4 Å². The van der Waals surface area contributed by atoms with Crippen LogP contribution in [0.2, 0.25) is 0 Å². The third-order valence-electron chi connectivity index (χ3n) is 6.31. The average molecular weight is 429 g/mol. The zero-order chi connectivity index (χ0) is 22.1. The van der Waals surface area contributed by atoms with E-state index < -0.39 is 0 Å². The van der Waals surface area contributed by atoms with Crippen molar-refractivity contribution in [3.8, 4) is 0 Å². The van der Waals surface area contributed by atoms with Gasteiger partial charge in [0.05, 0.1) is 12.1 Å². The molecule has 2 aromatic heterocycles. The fourth-order valence-corrected chi connectivity index (χ4v) is 4.57. The van der Waals surface area contributed by atoms with Gasteiger partial charge in [0.25, 0.3) is 0 Å². The van der Waals surface area contributed by atoms with Crippen LogP contribution in [0.5, 0.6) is 0 Å². The molecule has 0 unspecified atom stereocenters. The van der Waals surface area contributed by atoms with Gasteiger partial charge in [0.2, 0.25) is 5.95 Å². The molecule has 3 aromatic rings. The molecule has 1 fully saturated rings. The number of hydrogen-bond donors (Lipinski definition) is 2. The minimum Gasteiger partial charge on any atom is -0.353 e. The van der Waals surface area contributed by atoms with Gasteiger partial charge >= 0.3 is 0 Å². The Morgan fingerprint density at radius 2 is 1.94 bits per heavy atom. The molecule has 32 heavy (non-hydrogen) atoms. The summed E-state index contributed by atoms with van der Waals surface area (Å²) in [4.78, 5) is 14.9. The van der Waals surface area contributed by atoms with E-state index in [1.54, 1.807) is 0 Å². The third kappa shape index (κ3) is 4.05. The van der Waals surface area contributed by atoms with Crippen molar-refractivity contribution >= 4 is 28.6 Å². The molecule has 3 heterocycles. The number of imidazole rings is 1. The molecule has 7 nitrogen and oxygen atoms in total. The van der Waals surface area contributed by atoms with Gasteiger partial charge in [-0.2, -0.15) is 4.98 Å². The monoisotopic (exact) mass is 428 g/mol. The standard InChI is InChI=1S/C25H28N6O/c1-16-13-28-32-17(2)23(16)19-12-22-24(27-14-19)30-25(29-21-10-8-20(26)9-11-21)31(22)15-18-6-4-3-5-7-18/h3-7,12,14,20-21H,8-11,15,26H2,1-2H3,(H,27,29,30). The highest BCUT2D eigenvalue weighted by molar-refractivity contribution is 5.91. The van der Waals surface area contributed by atoms with Crippen molar-refractivity contribution in [1.29, 1.82) is 0 Å². The fraction of sp³-hybridized carbons (Fsp3) is 0.360. The van der Waals surface area contributed by atoms with Crippen LogP contribution in [-0.4, -0.2) is 32.5 Å². The van der Waals surface area contributed by atoms with E-state index in [9.17, 15) is 0 Å². The van der Waals surface area contributed by atoms with Gasteiger partial charge in [-0.1, -0.05) is 30.3 Å². The van der Waals surface area contributed by atoms with Gasteiger partial charge in [-0.25, -0.2) is 4.98 Å². The number of allylic oxidation sites excluding steroid dienone is 3. The van der Waals surface area contributed by atoms with Crippen molar-refractivity contribution in [3.63, 3.8) is 0 Å². The molecule has 1 saturated carbocycles. The predicted molar refractivity (Wildman–Crippen MR) is 127 cm³/mol. The van der Waals surface area contributed by atoms with E-state index in [1.807, 2.05) is 26.1 Å². The maximum atomic E-state index is 6.11. The maximum absolute atomic E-state index is 6.11. The van der Waals surface area contributed by atoms with Crippen LogP contribution in [0.15, 0.2) is 59.1 Å². The molecule has 1 aliphatic heterocycles. The summed E-state index contributed by atoms with van der Waals surface area (Å²) in [5, 5.41) is 7.51. The zero-order valence-corrected chi connectivity index (χ0v) is 18.5. The number of anilines is 1. The van der Waals surface area contributed by atoms with Crippen molar-refractivity contribution in [2.45, 2.75) is 58.2 Å². The first kappa shape index (κ1) is 20.5. The SMILES string of the molecule is CC1=C=NOC(C)=C1c1cnc2nc(NC3CCC(N)CC3)n(Cc3ccccc3)c2c1. The van der Waals surface area contributed by atoms with Crippen LogP contribution in [0.3, 0.4) is 0 Å². The maximum Gasteiger partial charge on any atom is 0.205 e. The summed E-state index contributed by atoms with van der Waals surface area (Å²) in [5.74, 6) is 4.51. The second-order valence-electron chi connectivity index (χ2n) is 8.68. The molecule has 0 saturated heterocycles. The fourth-order valence-electron chi connectivity index (χ4n) is 4.57. The van der Waals surface area contributed by atoms with Gasteiger partial charge in [0, 0.05) is 40.9 Å². The molecule has 7 heteroatoms. The lowest BCUT2D eigenvalue weighted by molar-refractivity contribution is 0.232. The lowest BCUT2D eigenvalue weighted by Gasteiger charge is -2.27. The second kappa shape index (κ2) is 8.61. The highest BCUT2D eigenvalue weighted by Gasteiger charge is 2.22. The predicted octanol–water partition coefficient (Wildman–Crippen LogP) is 4.45. The van der Waals surface area contributed by atoms with E-state index in [4.69, 9.17) is 20.5 Å². The smallest absolute Gasteiger partial charge is 0.205 e. The summed E-state index contributed by atoms with van der Waals surface area (Å²) in [6, 6.07) is 13.3. The van der Waals surface area contributed by atoms with Crippen LogP contribution < -0.4 is 11.1 Å². The molecule has 0 spiro atoms. The molecule has 3 N–H and O–H groups in total. The molecule has 0 atom stereocenters. The molecular weight excluding hydrogens is 400 g/mol. The first-order valence-electron chi connectivity index (χ1n) is 11.2. The summed E-state index contributed by atoms with van der Waals surface area (Å²) < 4.78 is 2.22. The van der Waals surface area contributed by atoms with E-state index in [1.165, 1.54) is 5.56 Å². The van der Waals surface area contributed by atoms with Crippen LogP contribution in [0.25, 0.3) is 16.7 Å². The largest absolute Gasteiger partial charge is 0.353 e. The van der Waals surface area contributed by atoms with Crippen LogP contribution in [0.1, 0.15) is 50.7 Å². The lowest BCUT2D eigenvalue weighted by Crippen LogP contribution is -2.33. The molecule has 164 valence electrons. The first-order chi connectivity index (χ1) is 15.6. The second-order valence-corrected chi connectivity index (χ2v) is 8.68. The Balaban J connectivity index is 1.57. The molecule has 1 aromatic carbocycles. The molecular formula is C25H28N6O. The molecule has 0 amide bonds. The van der Waals surface area contributed by atoms with E-state index in [0.717, 1.165) is 65.3 Å². The Morgan fingerprint density at radius 1 is 1.16 bits per heavy atom. The minimum atomic E-state index is 0.314. The topological polar surface area (TPSA) is 90.3 Å². The Bertz CT molecular complexity index is 1230. The summed E-state index contributed by atoms with van der Waals surface area (Å²) in [6.45, 7) is 4.61. The molecule has 5 rings (SSSR count). The van der Waals surface area contributed by atoms with E-state index in [2.05, 4.69) is 51.2 Å². The molecule has 2 aliphatic rings. The number of aromatic nitrogens is 3. The number of fused-ring (bicyclic) bond motifs is 1. The molecule has 0 bridgehead atoms. The number of pyridine rings is 1. The minimum absolute atomic E-state index is 0.314. The van der Waals surface area contributed by atoms with Crippen molar-refractivity contribution in [2.24, 2.45) is 10.9 Å². The van der Waals surface area contributed by atoms with Crippen molar-refractivity contribution in [1.82, 2.24) is 14.5 Å². The quantitative estimate of drug-likeness (QED) is 0.626. The zero-order valence-electron chi connectivity index (χ0n) is 18.5. The van der Waals surface area contributed by atoms with E-state index in [-0.39, 0.29) is 0 Å². The van der Waals surface area contributed by atoms with Gasteiger partial charge in [-0.15, -0.1) is 0 Å². The van der Waals surface area contributed by atoms with Gasteiger partial charge in [-0.05, 0) is 56.3 Å². The number of nitrogens with one attached hydrogen (secondary N) is 1. The Labute approximate surface area is 187 Å². The number of nitrogens with two attached hydrogens (primary N) is 1. The summed E-state index contributed by atoms with van der Waals surface area (Å²) >= 11 is 0. The van der Waals surface area contributed by atoms with Gasteiger partial charge in [0.1, 0.15) is 5.76 Å². The van der Waals surface area contributed by atoms with Gasteiger partial charge in [0.15, 0.2) is 5.65 Å². The van der Waals surface area contributed by atoms with Gasteiger partial charge in [-0.3, -0.25) is 0 Å². The summed E-state index contributed by atoms with van der Waals surface area (Å²) in [7, 11) is 0. The Hall–Kier alpha value is -3.41. The van der Waals surface area contributed by atoms with E-state index >= 15 is 0 Å². The molecule has 0 radical (unpaired) electrons. The normalized spacial score (nSPS) is 20.9.